The number of hydrogen-bond acceptors (Lipinski definition) is 3. The highest BCUT2D eigenvalue weighted by atomic mass is 35.5. The first-order valence-electron chi connectivity index (χ1n) is 5.92. The summed E-state index contributed by atoms with van der Waals surface area (Å²) in [6.45, 7) is 1.85. The van der Waals surface area contributed by atoms with Gasteiger partial charge in [0, 0.05) is 19.0 Å². The molecule has 5 heteroatoms. The zero-order valence-electron chi connectivity index (χ0n) is 11.2. The van der Waals surface area contributed by atoms with E-state index in [1.54, 1.807) is 7.05 Å². The van der Waals surface area contributed by atoms with Gasteiger partial charge in [-0.05, 0) is 12.5 Å². The molecule has 0 spiro atoms. The van der Waals surface area contributed by atoms with Crippen molar-refractivity contribution in [3.05, 3.63) is 35.9 Å². The number of methoxy groups -OCH3 is 1. The van der Waals surface area contributed by atoms with Gasteiger partial charge < -0.3 is 9.64 Å². The summed E-state index contributed by atoms with van der Waals surface area (Å²) in [5, 5.41) is 8.36. The van der Waals surface area contributed by atoms with Crippen molar-refractivity contribution in [2.45, 2.75) is 24.3 Å². The van der Waals surface area contributed by atoms with Crippen molar-refractivity contribution in [1.82, 2.24) is 4.90 Å². The Kier molecular flexibility index (Phi) is 5.65. The van der Waals surface area contributed by atoms with Gasteiger partial charge in [0.2, 0.25) is 0 Å². The molecule has 1 aromatic rings. The number of carbonyl (C=O) groups excluding carboxylic acids is 1. The third kappa shape index (κ3) is 3.62. The molecule has 0 aliphatic carbocycles. The van der Waals surface area contributed by atoms with Gasteiger partial charge >= 0.3 is 6.09 Å². The smallest absolute Gasteiger partial charge is 0.409 e. The Bertz CT molecular complexity index is 458. The second-order valence-electron chi connectivity index (χ2n) is 4.29. The molecule has 0 saturated carbocycles. The number of halogens is 1. The van der Waals surface area contributed by atoms with E-state index in [0.717, 1.165) is 5.56 Å². The average molecular weight is 281 g/mol. The Labute approximate surface area is 118 Å². The predicted octanol–water partition coefficient (Wildman–Crippen LogP) is 2.99. The molecular formula is C14H17ClN2O2. The number of amides is 1. The number of nitriles is 1. The van der Waals surface area contributed by atoms with Gasteiger partial charge in [0.1, 0.15) is 5.38 Å². The van der Waals surface area contributed by atoms with Crippen LogP contribution in [0.2, 0.25) is 0 Å². The van der Waals surface area contributed by atoms with Crippen LogP contribution in [0.3, 0.4) is 0 Å². The number of ether oxygens (including phenoxy) is 1. The predicted molar refractivity (Wildman–Crippen MR) is 74.1 cm³/mol. The van der Waals surface area contributed by atoms with Crippen molar-refractivity contribution < 1.29 is 9.53 Å². The molecule has 1 aromatic carbocycles. The zero-order valence-corrected chi connectivity index (χ0v) is 12.0. The third-order valence-electron chi connectivity index (χ3n) is 3.22. The second kappa shape index (κ2) is 7.01. The molecule has 0 aliphatic rings. The monoisotopic (exact) mass is 280 g/mol. The van der Waals surface area contributed by atoms with Crippen molar-refractivity contribution in [2.24, 2.45) is 0 Å². The number of nitrogens with zero attached hydrogens (tertiary/aromatic N) is 2. The van der Waals surface area contributed by atoms with E-state index in [1.165, 1.54) is 12.0 Å². The van der Waals surface area contributed by atoms with Crippen molar-refractivity contribution >= 4 is 17.7 Å². The molecule has 3 atom stereocenters. The van der Waals surface area contributed by atoms with Crippen LogP contribution < -0.4 is 0 Å². The van der Waals surface area contributed by atoms with Crippen LogP contribution in [0.4, 0.5) is 4.79 Å². The van der Waals surface area contributed by atoms with Gasteiger partial charge in [-0.25, -0.2) is 4.79 Å². The molecule has 19 heavy (non-hydrogen) atoms. The highest BCUT2D eigenvalue weighted by molar-refractivity contribution is 6.22. The van der Waals surface area contributed by atoms with E-state index in [-0.39, 0.29) is 12.0 Å². The van der Waals surface area contributed by atoms with Gasteiger partial charge in [0.05, 0.1) is 13.2 Å². The minimum Gasteiger partial charge on any atom is -0.453 e. The molecule has 0 unspecified atom stereocenters. The minimum absolute atomic E-state index is 0.253. The SMILES string of the molecule is COC(=O)N(C)[C@H](C)[C@H](c1ccccc1)[C@H](Cl)C#N. The Morgan fingerprint density at radius 3 is 2.47 bits per heavy atom. The summed E-state index contributed by atoms with van der Waals surface area (Å²) in [5.74, 6) is -0.281. The molecule has 0 bridgehead atoms. The lowest BCUT2D eigenvalue weighted by Crippen LogP contribution is -2.41. The van der Waals surface area contributed by atoms with E-state index in [1.807, 2.05) is 43.3 Å². The van der Waals surface area contributed by atoms with E-state index < -0.39 is 11.5 Å². The fraction of sp³-hybridized carbons (Fsp3) is 0.429. The summed E-state index contributed by atoms with van der Waals surface area (Å²) in [6.07, 6.45) is -0.449. The van der Waals surface area contributed by atoms with Crippen LogP contribution in [-0.4, -0.2) is 36.6 Å². The summed E-state index contributed by atoms with van der Waals surface area (Å²) in [7, 11) is 2.96. The fourth-order valence-corrected chi connectivity index (χ4v) is 2.35. The Morgan fingerprint density at radius 2 is 2.00 bits per heavy atom. The Balaban J connectivity index is 3.05. The van der Waals surface area contributed by atoms with Crippen molar-refractivity contribution in [3.8, 4) is 6.07 Å². The van der Waals surface area contributed by atoms with Crippen LogP contribution in [-0.2, 0) is 4.74 Å². The third-order valence-corrected chi connectivity index (χ3v) is 3.59. The van der Waals surface area contributed by atoms with Gasteiger partial charge in [-0.1, -0.05) is 30.3 Å². The highest BCUT2D eigenvalue weighted by Crippen LogP contribution is 2.29. The van der Waals surface area contributed by atoms with E-state index in [4.69, 9.17) is 21.6 Å². The second-order valence-corrected chi connectivity index (χ2v) is 4.76. The largest absolute Gasteiger partial charge is 0.453 e. The molecule has 1 rings (SSSR count). The van der Waals surface area contributed by atoms with Crippen molar-refractivity contribution in [2.75, 3.05) is 14.2 Å². The van der Waals surface area contributed by atoms with Crippen LogP contribution >= 0.6 is 11.6 Å². The number of likely N-dealkylation sites (N-methyl/N-ethyl adjacent to an activating group) is 1. The molecule has 0 radical (unpaired) electrons. The van der Waals surface area contributed by atoms with Crippen LogP contribution in [0.25, 0.3) is 0 Å². The summed E-state index contributed by atoms with van der Waals surface area (Å²) in [5.41, 5.74) is 0.923. The van der Waals surface area contributed by atoms with Gasteiger partial charge in [-0.2, -0.15) is 5.26 Å². The lowest BCUT2D eigenvalue weighted by molar-refractivity contribution is 0.115. The quantitative estimate of drug-likeness (QED) is 0.797. The lowest BCUT2D eigenvalue weighted by Gasteiger charge is -2.32. The van der Waals surface area contributed by atoms with Crippen LogP contribution in [0, 0.1) is 11.3 Å². The van der Waals surface area contributed by atoms with Gasteiger partial charge in [0.15, 0.2) is 0 Å². The number of rotatable bonds is 4. The molecule has 0 heterocycles. The van der Waals surface area contributed by atoms with E-state index in [0.29, 0.717) is 0 Å². The topological polar surface area (TPSA) is 53.3 Å². The summed E-state index contributed by atoms with van der Waals surface area (Å²) in [6, 6.07) is 11.3. The molecule has 0 N–H and O–H groups in total. The molecule has 4 nitrogen and oxygen atoms in total. The summed E-state index contributed by atoms with van der Waals surface area (Å²) < 4.78 is 4.69. The molecule has 0 saturated heterocycles. The number of hydrogen-bond donors (Lipinski definition) is 0. The van der Waals surface area contributed by atoms with Crippen LogP contribution in [0.1, 0.15) is 18.4 Å². The van der Waals surface area contributed by atoms with Crippen molar-refractivity contribution in [1.29, 1.82) is 5.26 Å². The molecule has 0 aliphatic heterocycles. The maximum absolute atomic E-state index is 11.6. The van der Waals surface area contributed by atoms with Gasteiger partial charge in [0.25, 0.3) is 0 Å². The Morgan fingerprint density at radius 1 is 1.42 bits per heavy atom. The van der Waals surface area contributed by atoms with E-state index in [9.17, 15) is 4.79 Å². The molecular weight excluding hydrogens is 264 g/mol. The minimum atomic E-state index is -0.718. The first-order valence-corrected chi connectivity index (χ1v) is 6.36. The molecule has 102 valence electrons. The molecule has 0 fully saturated rings. The lowest BCUT2D eigenvalue weighted by atomic mass is 9.89. The normalized spacial score (nSPS) is 14.9. The summed E-state index contributed by atoms with van der Waals surface area (Å²) >= 11 is 6.11. The number of benzene rings is 1. The van der Waals surface area contributed by atoms with Crippen LogP contribution in [0.15, 0.2) is 30.3 Å². The maximum atomic E-state index is 11.6. The maximum Gasteiger partial charge on any atom is 0.409 e. The van der Waals surface area contributed by atoms with Crippen LogP contribution in [0.5, 0.6) is 0 Å². The molecule has 0 aromatic heterocycles. The Hall–Kier alpha value is -1.73. The standard InChI is InChI=1S/C14H17ClN2O2/c1-10(17(2)14(18)19-3)13(12(15)9-16)11-7-5-4-6-8-11/h4-8,10,12-13H,1-3H3/t10-,12-,13-/m1/s1. The first kappa shape index (κ1) is 15.3. The molecule has 1 amide bonds. The van der Waals surface area contributed by atoms with Gasteiger partial charge in [-0.15, -0.1) is 11.6 Å². The first-order chi connectivity index (χ1) is 9.02. The number of carbonyl (C=O) groups is 1. The average Bonchev–Trinajstić information content (AvgIpc) is 2.46. The summed E-state index contributed by atoms with van der Waals surface area (Å²) in [4.78, 5) is 13.0. The number of alkyl halides is 1. The zero-order chi connectivity index (χ0) is 14.4. The fourth-order valence-electron chi connectivity index (χ4n) is 2.00. The highest BCUT2D eigenvalue weighted by Gasteiger charge is 2.31. The van der Waals surface area contributed by atoms with E-state index >= 15 is 0 Å². The van der Waals surface area contributed by atoms with Crippen molar-refractivity contribution in [3.63, 3.8) is 0 Å². The van der Waals surface area contributed by atoms with Gasteiger partial charge in [-0.3, -0.25) is 0 Å². The van der Waals surface area contributed by atoms with E-state index in [2.05, 4.69) is 0 Å².